The lowest BCUT2D eigenvalue weighted by molar-refractivity contribution is -0.404. The number of aliphatic hydroxyl groups excluding tert-OH is 1. The molecule has 182 valence electrons. The number of aliphatic hydroxyl groups is 1. The normalized spacial score (nSPS) is 12.1. The van der Waals surface area contributed by atoms with Crippen molar-refractivity contribution >= 4 is 17.1 Å². The van der Waals surface area contributed by atoms with Crippen molar-refractivity contribution in [1.82, 2.24) is 4.90 Å². The number of nitrogens with zero attached hydrogens (tertiary/aromatic N) is 4. The van der Waals surface area contributed by atoms with E-state index in [1.54, 1.807) is 0 Å². The third kappa shape index (κ3) is 9.96. The fourth-order valence-electron chi connectivity index (χ4n) is 3.33. The van der Waals surface area contributed by atoms with Crippen LogP contribution in [-0.2, 0) is 0 Å². The van der Waals surface area contributed by atoms with Crippen LogP contribution in [0, 0.1) is 42.2 Å². The summed E-state index contributed by atoms with van der Waals surface area (Å²) in [6, 6.07) is 1.52. The van der Waals surface area contributed by atoms with Crippen molar-refractivity contribution in [2.45, 2.75) is 66.5 Å². The fraction of sp³-hybridized carbons (Fsp3) is 0.700. The van der Waals surface area contributed by atoms with Crippen molar-refractivity contribution in [3.63, 3.8) is 0 Å². The summed E-state index contributed by atoms with van der Waals surface area (Å²) >= 11 is 0. The van der Waals surface area contributed by atoms with Crippen LogP contribution >= 0.6 is 0 Å². The highest BCUT2D eigenvalue weighted by atomic mass is 16.6. The van der Waals surface area contributed by atoms with Crippen LogP contribution in [-0.4, -0.2) is 55.1 Å². The molecular formula is C20H34N4O8. The van der Waals surface area contributed by atoms with E-state index in [0.717, 1.165) is 24.9 Å². The van der Waals surface area contributed by atoms with Crippen LogP contribution in [0.25, 0.3) is 0 Å². The molecule has 32 heavy (non-hydrogen) atoms. The number of nitro groups is 3. The van der Waals surface area contributed by atoms with Gasteiger partial charge in [0.2, 0.25) is 0 Å². The zero-order valence-electron chi connectivity index (χ0n) is 19.4. The van der Waals surface area contributed by atoms with Gasteiger partial charge in [-0.25, -0.2) is 0 Å². The lowest BCUT2D eigenvalue weighted by atomic mass is 9.94. The smallest absolute Gasteiger partial charge is 0.324 e. The quantitative estimate of drug-likeness (QED) is 0.362. The average molecular weight is 459 g/mol. The molecule has 0 heterocycles. The number of nitro benzene ring substituents is 3. The molecule has 0 fully saturated rings. The van der Waals surface area contributed by atoms with E-state index >= 15 is 0 Å². The van der Waals surface area contributed by atoms with Gasteiger partial charge < -0.3 is 10.2 Å². The summed E-state index contributed by atoms with van der Waals surface area (Å²) in [6.07, 6.45) is 2.25. The molecule has 1 aromatic rings. The van der Waals surface area contributed by atoms with Crippen molar-refractivity contribution in [2.75, 3.05) is 13.1 Å². The van der Waals surface area contributed by atoms with Gasteiger partial charge in [-0.2, -0.15) is 0 Å². The molecule has 0 aliphatic heterocycles. The number of phenols is 1. The second-order valence-corrected chi connectivity index (χ2v) is 8.45. The Kier molecular flexibility index (Phi) is 12.3. The second kappa shape index (κ2) is 13.5. The lowest BCUT2D eigenvalue weighted by Crippen LogP contribution is -2.41. The topological polar surface area (TPSA) is 173 Å². The van der Waals surface area contributed by atoms with E-state index in [1.807, 2.05) is 6.92 Å². The maximum Gasteiger partial charge on any atom is 0.324 e. The number of rotatable bonds is 11. The Hall–Kier alpha value is -2.86. The van der Waals surface area contributed by atoms with Gasteiger partial charge in [-0.15, -0.1) is 0 Å². The molecule has 12 heteroatoms. The van der Waals surface area contributed by atoms with E-state index in [-0.39, 0.29) is 6.10 Å². The fourth-order valence-corrected chi connectivity index (χ4v) is 3.33. The predicted molar refractivity (Wildman–Crippen MR) is 120 cm³/mol. The van der Waals surface area contributed by atoms with Crippen molar-refractivity contribution < 1.29 is 25.0 Å². The van der Waals surface area contributed by atoms with E-state index in [9.17, 15) is 35.4 Å². The minimum Gasteiger partial charge on any atom is -0.497 e. The predicted octanol–water partition coefficient (Wildman–Crippen LogP) is 4.27. The van der Waals surface area contributed by atoms with Crippen LogP contribution in [0.4, 0.5) is 17.1 Å². The summed E-state index contributed by atoms with van der Waals surface area (Å²) in [4.78, 5) is 30.2. The van der Waals surface area contributed by atoms with Crippen molar-refractivity contribution in [3.8, 4) is 5.75 Å². The Bertz CT molecular complexity index is 738. The summed E-state index contributed by atoms with van der Waals surface area (Å²) in [6.45, 7) is 15.0. The minimum absolute atomic E-state index is 0.221. The number of phenolic OH excluding ortho intramolecular Hbond substituents is 1. The van der Waals surface area contributed by atoms with Crippen LogP contribution in [0.1, 0.15) is 54.4 Å². The standard InChI is InChI=1S/C14H31NO.C6H3N3O7/c1-7-15(10-13(6)16)14(8-11(2)3)9-12(4)5;10-6-4(8(13)14)1-3(7(11)12)2-5(6)9(15)16/h11-14,16H,7-10H2,1-6H3;1-2,10H. The first-order chi connectivity index (χ1) is 14.7. The van der Waals surface area contributed by atoms with E-state index in [2.05, 4.69) is 39.5 Å². The summed E-state index contributed by atoms with van der Waals surface area (Å²) < 4.78 is 0. The molecule has 0 radical (unpaired) electrons. The Morgan fingerprint density at radius 2 is 1.28 bits per heavy atom. The molecule has 1 unspecified atom stereocenters. The largest absolute Gasteiger partial charge is 0.497 e. The van der Waals surface area contributed by atoms with Gasteiger partial charge in [0.05, 0.1) is 33.0 Å². The van der Waals surface area contributed by atoms with Gasteiger partial charge in [-0.3, -0.25) is 35.2 Å². The van der Waals surface area contributed by atoms with Crippen LogP contribution < -0.4 is 0 Å². The number of hydrogen-bond donors (Lipinski definition) is 2. The van der Waals surface area contributed by atoms with Crippen molar-refractivity contribution in [3.05, 3.63) is 42.5 Å². The molecule has 0 aromatic heterocycles. The monoisotopic (exact) mass is 458 g/mol. The molecule has 1 aromatic carbocycles. The first kappa shape index (κ1) is 29.1. The van der Waals surface area contributed by atoms with Gasteiger partial charge in [0, 0.05) is 12.6 Å². The zero-order valence-corrected chi connectivity index (χ0v) is 19.4. The number of non-ortho nitro benzene ring substituents is 1. The molecule has 0 amide bonds. The second-order valence-electron chi connectivity index (χ2n) is 8.45. The van der Waals surface area contributed by atoms with E-state index in [0.29, 0.717) is 18.2 Å². The molecule has 0 aliphatic carbocycles. The Morgan fingerprint density at radius 1 is 0.875 bits per heavy atom. The Morgan fingerprint density at radius 3 is 1.53 bits per heavy atom. The SMILES string of the molecule is CCN(CC(C)O)C(CC(C)C)CC(C)C.O=[N+]([O-])c1cc([N+](=O)[O-])c(O)c([N+](=O)[O-])c1. The van der Waals surface area contributed by atoms with Crippen LogP contribution in [0.3, 0.4) is 0 Å². The highest BCUT2D eigenvalue weighted by molar-refractivity contribution is 5.64. The summed E-state index contributed by atoms with van der Waals surface area (Å²) in [5, 5.41) is 49.7. The minimum atomic E-state index is -1.21. The molecule has 1 atom stereocenters. The Labute approximate surface area is 187 Å². The molecule has 12 nitrogen and oxygen atoms in total. The van der Waals surface area contributed by atoms with Crippen LogP contribution in [0.15, 0.2) is 12.1 Å². The number of likely N-dealkylation sites (N-methyl/N-ethyl adjacent to an activating group) is 1. The van der Waals surface area contributed by atoms with Crippen LogP contribution in [0.2, 0.25) is 0 Å². The first-order valence-corrected chi connectivity index (χ1v) is 10.4. The Balaban J connectivity index is 0.000000601. The van der Waals surface area contributed by atoms with E-state index < -0.39 is 37.6 Å². The number of benzene rings is 1. The van der Waals surface area contributed by atoms with Gasteiger partial charge in [0.1, 0.15) is 0 Å². The molecule has 1 rings (SSSR count). The van der Waals surface area contributed by atoms with Crippen molar-refractivity contribution in [1.29, 1.82) is 0 Å². The molecular weight excluding hydrogens is 424 g/mol. The molecule has 0 spiro atoms. The molecule has 0 saturated heterocycles. The highest BCUT2D eigenvalue weighted by Gasteiger charge is 2.30. The van der Waals surface area contributed by atoms with Gasteiger partial charge in [-0.05, 0) is 38.1 Å². The van der Waals surface area contributed by atoms with Gasteiger partial charge in [0.25, 0.3) is 11.4 Å². The third-order valence-electron chi connectivity index (χ3n) is 4.57. The zero-order chi connectivity index (χ0) is 25.2. The van der Waals surface area contributed by atoms with Gasteiger partial charge >= 0.3 is 11.4 Å². The highest BCUT2D eigenvalue weighted by Crippen LogP contribution is 2.38. The molecule has 0 aliphatic rings. The van der Waals surface area contributed by atoms with Gasteiger partial charge in [0.15, 0.2) is 0 Å². The lowest BCUT2D eigenvalue weighted by Gasteiger charge is -2.34. The molecule has 0 bridgehead atoms. The number of hydrogen-bond acceptors (Lipinski definition) is 9. The summed E-state index contributed by atoms with van der Waals surface area (Å²) in [5.74, 6) is 0.249. The first-order valence-electron chi connectivity index (χ1n) is 10.4. The maximum absolute atomic E-state index is 10.4. The molecule has 2 N–H and O–H groups in total. The maximum atomic E-state index is 10.4. The summed E-state index contributed by atoms with van der Waals surface area (Å²) in [7, 11) is 0. The molecule has 0 saturated carbocycles. The van der Waals surface area contributed by atoms with E-state index in [1.165, 1.54) is 12.8 Å². The van der Waals surface area contributed by atoms with E-state index in [4.69, 9.17) is 5.11 Å². The van der Waals surface area contributed by atoms with Crippen molar-refractivity contribution in [2.24, 2.45) is 11.8 Å². The number of aromatic hydroxyl groups is 1. The van der Waals surface area contributed by atoms with Crippen LogP contribution in [0.5, 0.6) is 5.75 Å². The average Bonchev–Trinajstić information content (AvgIpc) is 2.64. The summed E-state index contributed by atoms with van der Waals surface area (Å²) in [5.41, 5.74) is -3.00. The third-order valence-corrected chi connectivity index (χ3v) is 4.57. The van der Waals surface area contributed by atoms with Gasteiger partial charge in [-0.1, -0.05) is 34.6 Å².